The summed E-state index contributed by atoms with van der Waals surface area (Å²) in [7, 11) is 1.81. The van der Waals surface area contributed by atoms with Crippen LogP contribution in [0.3, 0.4) is 0 Å². The van der Waals surface area contributed by atoms with E-state index in [9.17, 15) is 9.90 Å². The zero-order valence-electron chi connectivity index (χ0n) is 12.1. The van der Waals surface area contributed by atoms with Gasteiger partial charge in [-0.25, -0.2) is 4.79 Å². The van der Waals surface area contributed by atoms with Gasteiger partial charge >= 0.3 is 5.97 Å². The highest BCUT2D eigenvalue weighted by atomic mass is 16.5. The predicted molar refractivity (Wildman–Crippen MR) is 76.7 cm³/mol. The summed E-state index contributed by atoms with van der Waals surface area (Å²) in [6.07, 6.45) is 4.38. The largest absolute Gasteiger partial charge is 0.493 e. The topological polar surface area (TPSA) is 73.6 Å². The number of benzene rings is 1. The molecule has 0 fully saturated rings. The third kappa shape index (κ3) is 3.98. The number of aromatic nitrogens is 2. The summed E-state index contributed by atoms with van der Waals surface area (Å²) in [5.41, 5.74) is 0.983. The van der Waals surface area contributed by atoms with E-state index in [1.54, 1.807) is 23.0 Å². The fourth-order valence-corrected chi connectivity index (χ4v) is 1.82. The Balaban J connectivity index is 2.15. The van der Waals surface area contributed by atoms with Crippen LogP contribution in [-0.2, 0) is 13.7 Å². The van der Waals surface area contributed by atoms with Gasteiger partial charge in [-0.05, 0) is 18.6 Å². The molecule has 0 unspecified atom stereocenters. The standard InChI is InChI=1S/C15H18N2O4/c1-3-6-20-12-4-5-13(15(18)19)14(7-12)21-10-11-8-16-17(2)9-11/h4-5,7-9H,3,6,10H2,1-2H3,(H,18,19). The molecule has 1 aromatic carbocycles. The van der Waals surface area contributed by atoms with Crippen LogP contribution >= 0.6 is 0 Å². The molecule has 0 bridgehead atoms. The third-order valence-electron chi connectivity index (χ3n) is 2.81. The molecular formula is C15H18N2O4. The van der Waals surface area contributed by atoms with Crippen molar-refractivity contribution in [2.75, 3.05) is 6.61 Å². The molecule has 0 saturated heterocycles. The van der Waals surface area contributed by atoms with Crippen molar-refractivity contribution < 1.29 is 19.4 Å². The first-order valence-electron chi connectivity index (χ1n) is 6.70. The van der Waals surface area contributed by atoms with Crippen molar-refractivity contribution in [3.05, 3.63) is 41.7 Å². The van der Waals surface area contributed by atoms with Crippen LogP contribution in [0.5, 0.6) is 11.5 Å². The molecule has 6 heteroatoms. The number of aryl methyl sites for hydroxylation is 1. The molecule has 2 aromatic rings. The number of carboxylic acid groups (broad SMARTS) is 1. The Kier molecular flexibility index (Phi) is 4.81. The fourth-order valence-electron chi connectivity index (χ4n) is 1.82. The SMILES string of the molecule is CCCOc1ccc(C(=O)O)c(OCc2cnn(C)c2)c1. The zero-order chi connectivity index (χ0) is 15.2. The van der Waals surface area contributed by atoms with Crippen molar-refractivity contribution in [1.82, 2.24) is 9.78 Å². The van der Waals surface area contributed by atoms with Crippen LogP contribution in [0.1, 0.15) is 29.3 Å². The summed E-state index contributed by atoms with van der Waals surface area (Å²) in [6.45, 7) is 2.84. The fraction of sp³-hybridized carbons (Fsp3) is 0.333. The van der Waals surface area contributed by atoms with Gasteiger partial charge in [-0.1, -0.05) is 6.92 Å². The molecule has 2 rings (SSSR count). The lowest BCUT2D eigenvalue weighted by atomic mass is 10.2. The van der Waals surface area contributed by atoms with E-state index in [2.05, 4.69) is 5.10 Å². The van der Waals surface area contributed by atoms with E-state index < -0.39 is 5.97 Å². The van der Waals surface area contributed by atoms with Crippen LogP contribution in [0, 0.1) is 0 Å². The molecule has 6 nitrogen and oxygen atoms in total. The van der Waals surface area contributed by atoms with Crippen molar-refractivity contribution in [2.24, 2.45) is 7.05 Å². The Bertz CT molecular complexity index is 622. The number of carboxylic acids is 1. The van der Waals surface area contributed by atoms with Crippen molar-refractivity contribution in [1.29, 1.82) is 0 Å². The van der Waals surface area contributed by atoms with E-state index in [4.69, 9.17) is 9.47 Å². The molecule has 1 N–H and O–H groups in total. The minimum atomic E-state index is -1.03. The zero-order valence-corrected chi connectivity index (χ0v) is 12.1. The van der Waals surface area contributed by atoms with Crippen LogP contribution < -0.4 is 9.47 Å². The maximum absolute atomic E-state index is 11.2. The molecule has 1 heterocycles. The number of rotatable bonds is 7. The maximum atomic E-state index is 11.2. The van der Waals surface area contributed by atoms with Gasteiger partial charge in [0.15, 0.2) is 0 Å². The first-order valence-corrected chi connectivity index (χ1v) is 6.70. The highest BCUT2D eigenvalue weighted by Gasteiger charge is 2.13. The number of carbonyl (C=O) groups is 1. The molecule has 0 saturated carbocycles. The number of aromatic carboxylic acids is 1. The monoisotopic (exact) mass is 290 g/mol. The van der Waals surface area contributed by atoms with Gasteiger partial charge in [-0.15, -0.1) is 0 Å². The molecule has 0 spiro atoms. The molecule has 0 aliphatic rings. The normalized spacial score (nSPS) is 10.4. The number of hydrogen-bond donors (Lipinski definition) is 1. The first-order chi connectivity index (χ1) is 10.1. The second-order valence-electron chi connectivity index (χ2n) is 4.62. The molecule has 112 valence electrons. The van der Waals surface area contributed by atoms with Crippen LogP contribution in [0.4, 0.5) is 0 Å². The van der Waals surface area contributed by atoms with Crippen molar-refractivity contribution in [3.63, 3.8) is 0 Å². The van der Waals surface area contributed by atoms with E-state index in [0.717, 1.165) is 12.0 Å². The molecule has 21 heavy (non-hydrogen) atoms. The summed E-state index contributed by atoms with van der Waals surface area (Å²) in [5, 5.41) is 13.2. The van der Waals surface area contributed by atoms with E-state index in [0.29, 0.717) is 18.1 Å². The molecule has 0 radical (unpaired) electrons. The van der Waals surface area contributed by atoms with Crippen LogP contribution in [0.2, 0.25) is 0 Å². The number of ether oxygens (including phenoxy) is 2. The summed E-state index contributed by atoms with van der Waals surface area (Å²) in [5.74, 6) is -0.138. The molecule has 0 aliphatic heterocycles. The van der Waals surface area contributed by atoms with Crippen molar-refractivity contribution in [3.8, 4) is 11.5 Å². The molecule has 0 amide bonds. The van der Waals surface area contributed by atoms with Crippen LogP contribution in [0.15, 0.2) is 30.6 Å². The highest BCUT2D eigenvalue weighted by molar-refractivity contribution is 5.91. The highest BCUT2D eigenvalue weighted by Crippen LogP contribution is 2.26. The summed E-state index contributed by atoms with van der Waals surface area (Å²) in [6, 6.07) is 4.73. The Labute approximate surface area is 122 Å². The van der Waals surface area contributed by atoms with Gasteiger partial charge in [-0.2, -0.15) is 5.10 Å². The molecular weight excluding hydrogens is 272 g/mol. The Morgan fingerprint density at radius 2 is 2.19 bits per heavy atom. The third-order valence-corrected chi connectivity index (χ3v) is 2.81. The maximum Gasteiger partial charge on any atom is 0.339 e. The average molecular weight is 290 g/mol. The quantitative estimate of drug-likeness (QED) is 0.848. The van der Waals surface area contributed by atoms with Crippen LogP contribution in [-0.4, -0.2) is 27.5 Å². The average Bonchev–Trinajstić information content (AvgIpc) is 2.88. The van der Waals surface area contributed by atoms with E-state index >= 15 is 0 Å². The molecule has 0 aliphatic carbocycles. The lowest BCUT2D eigenvalue weighted by Gasteiger charge is -2.11. The predicted octanol–water partition coefficient (Wildman–Crippen LogP) is 2.49. The minimum Gasteiger partial charge on any atom is -0.493 e. The lowest BCUT2D eigenvalue weighted by molar-refractivity contribution is 0.0691. The van der Waals surface area contributed by atoms with Crippen LogP contribution in [0.25, 0.3) is 0 Å². The van der Waals surface area contributed by atoms with Gasteiger partial charge < -0.3 is 14.6 Å². The lowest BCUT2D eigenvalue weighted by Crippen LogP contribution is -2.04. The van der Waals surface area contributed by atoms with Gasteiger partial charge in [0.2, 0.25) is 0 Å². The van der Waals surface area contributed by atoms with Gasteiger partial charge in [0, 0.05) is 24.9 Å². The first kappa shape index (κ1) is 14.9. The minimum absolute atomic E-state index is 0.114. The molecule has 1 aromatic heterocycles. The van der Waals surface area contributed by atoms with E-state index in [1.807, 2.05) is 20.2 Å². The van der Waals surface area contributed by atoms with Gasteiger partial charge in [-0.3, -0.25) is 4.68 Å². The van der Waals surface area contributed by atoms with Gasteiger partial charge in [0.05, 0.1) is 12.8 Å². The van der Waals surface area contributed by atoms with E-state index in [-0.39, 0.29) is 12.2 Å². The second-order valence-corrected chi connectivity index (χ2v) is 4.62. The number of hydrogen-bond acceptors (Lipinski definition) is 4. The van der Waals surface area contributed by atoms with Gasteiger partial charge in [0.25, 0.3) is 0 Å². The smallest absolute Gasteiger partial charge is 0.339 e. The van der Waals surface area contributed by atoms with Crippen molar-refractivity contribution in [2.45, 2.75) is 20.0 Å². The summed E-state index contributed by atoms with van der Waals surface area (Å²) < 4.78 is 12.8. The van der Waals surface area contributed by atoms with E-state index in [1.165, 1.54) is 6.07 Å². The molecule has 0 atom stereocenters. The summed E-state index contributed by atoms with van der Waals surface area (Å²) >= 11 is 0. The number of nitrogens with zero attached hydrogens (tertiary/aromatic N) is 2. The Morgan fingerprint density at radius 3 is 2.81 bits per heavy atom. The summed E-state index contributed by atoms with van der Waals surface area (Å²) in [4.78, 5) is 11.2. The Hall–Kier alpha value is -2.50. The second kappa shape index (κ2) is 6.78. The Morgan fingerprint density at radius 1 is 1.38 bits per heavy atom. The van der Waals surface area contributed by atoms with Gasteiger partial charge in [0.1, 0.15) is 23.7 Å². The van der Waals surface area contributed by atoms with Crippen molar-refractivity contribution >= 4 is 5.97 Å².